The monoisotopic (exact) mass is 329 g/mol. The van der Waals surface area contributed by atoms with Crippen LogP contribution in [-0.2, 0) is 9.53 Å². The number of H-pyrrole nitrogens is 2. The highest BCUT2D eigenvalue weighted by molar-refractivity contribution is 5.89. The predicted molar refractivity (Wildman–Crippen MR) is 90.2 cm³/mol. The largest absolute Gasteiger partial charge is 0.494 e. The Balaban J connectivity index is 1.58. The first kappa shape index (κ1) is 16.0. The Morgan fingerprint density at radius 2 is 2.04 bits per heavy atom. The minimum Gasteiger partial charge on any atom is -0.494 e. The second-order valence-corrected chi connectivity index (χ2v) is 5.55. The quantitative estimate of drug-likeness (QED) is 0.513. The Morgan fingerprint density at radius 3 is 2.88 bits per heavy atom. The van der Waals surface area contributed by atoms with Crippen molar-refractivity contribution in [2.45, 2.75) is 25.7 Å². The zero-order valence-corrected chi connectivity index (χ0v) is 13.4. The number of ether oxygens (including phenoxy) is 2. The molecule has 0 unspecified atom stereocenters. The topological polar surface area (TPSA) is 97.1 Å². The molecule has 0 radical (unpaired) electrons. The molecule has 7 nitrogen and oxygen atoms in total. The van der Waals surface area contributed by atoms with Crippen LogP contribution < -0.4 is 10.4 Å². The van der Waals surface area contributed by atoms with E-state index in [4.69, 9.17) is 4.74 Å². The standard InChI is InChI=1S/C17H19N3O4/c1-23-15(21)5-3-2-4-8-24-12-6-7-13-11(9-12)10-14-16(18-13)20-17(22)19-14/h6-7,9-10H,2-5,8H2,1H3,(H2,18,19,20,22). The summed E-state index contributed by atoms with van der Waals surface area (Å²) in [6.45, 7) is 0.587. The van der Waals surface area contributed by atoms with Crippen LogP contribution >= 0.6 is 0 Å². The van der Waals surface area contributed by atoms with Gasteiger partial charge in [-0.05, 0) is 43.5 Å². The van der Waals surface area contributed by atoms with Gasteiger partial charge in [-0.3, -0.25) is 9.78 Å². The van der Waals surface area contributed by atoms with Crippen molar-refractivity contribution in [2.75, 3.05) is 13.7 Å². The molecule has 24 heavy (non-hydrogen) atoms. The van der Waals surface area contributed by atoms with E-state index in [9.17, 15) is 9.59 Å². The van der Waals surface area contributed by atoms with Gasteiger partial charge in [0.2, 0.25) is 0 Å². The van der Waals surface area contributed by atoms with Crippen molar-refractivity contribution in [3.8, 4) is 5.75 Å². The average Bonchev–Trinajstić information content (AvgIpc) is 2.94. The molecule has 1 aromatic carbocycles. The summed E-state index contributed by atoms with van der Waals surface area (Å²) in [5.41, 5.74) is 1.75. The first-order chi connectivity index (χ1) is 11.7. The van der Waals surface area contributed by atoms with E-state index in [2.05, 4.69) is 19.7 Å². The number of pyridine rings is 1. The van der Waals surface area contributed by atoms with E-state index in [-0.39, 0.29) is 11.7 Å². The molecule has 3 aromatic rings. The van der Waals surface area contributed by atoms with Crippen molar-refractivity contribution < 1.29 is 14.3 Å². The summed E-state index contributed by atoms with van der Waals surface area (Å²) in [5, 5.41) is 0.904. The molecule has 7 heteroatoms. The van der Waals surface area contributed by atoms with Gasteiger partial charge in [0.15, 0.2) is 5.65 Å². The van der Waals surface area contributed by atoms with Crippen molar-refractivity contribution in [3.63, 3.8) is 0 Å². The number of hydrogen-bond acceptors (Lipinski definition) is 5. The number of fused-ring (bicyclic) bond motifs is 2. The molecule has 0 aliphatic heterocycles. The number of esters is 1. The lowest BCUT2D eigenvalue weighted by Crippen LogP contribution is -2.01. The third-order valence-corrected chi connectivity index (χ3v) is 3.79. The molecule has 0 saturated carbocycles. The highest BCUT2D eigenvalue weighted by atomic mass is 16.5. The number of aromatic nitrogens is 3. The normalized spacial score (nSPS) is 11.0. The van der Waals surface area contributed by atoms with Gasteiger partial charge in [-0.2, -0.15) is 0 Å². The first-order valence-corrected chi connectivity index (χ1v) is 7.88. The van der Waals surface area contributed by atoms with E-state index < -0.39 is 0 Å². The molecular formula is C17H19N3O4. The Labute approximate surface area is 138 Å². The molecule has 0 amide bonds. The summed E-state index contributed by atoms with van der Waals surface area (Å²) >= 11 is 0. The van der Waals surface area contributed by atoms with Gasteiger partial charge in [0, 0.05) is 11.8 Å². The minimum absolute atomic E-state index is 0.174. The van der Waals surface area contributed by atoms with E-state index in [0.29, 0.717) is 24.2 Å². The number of nitrogens with zero attached hydrogens (tertiary/aromatic N) is 1. The molecule has 2 N–H and O–H groups in total. The Hall–Kier alpha value is -2.83. The van der Waals surface area contributed by atoms with Crippen molar-refractivity contribution in [3.05, 3.63) is 34.7 Å². The summed E-state index contributed by atoms with van der Waals surface area (Å²) in [5.74, 6) is 0.585. The van der Waals surface area contributed by atoms with Crippen molar-refractivity contribution in [1.82, 2.24) is 15.0 Å². The van der Waals surface area contributed by atoms with Gasteiger partial charge in [0.05, 0.1) is 24.8 Å². The molecule has 0 atom stereocenters. The van der Waals surface area contributed by atoms with Crippen LogP contribution in [0, 0.1) is 0 Å². The van der Waals surface area contributed by atoms with E-state index in [1.807, 2.05) is 24.3 Å². The second kappa shape index (κ2) is 7.16. The molecule has 0 spiro atoms. The lowest BCUT2D eigenvalue weighted by atomic mass is 10.2. The third kappa shape index (κ3) is 3.73. The fraction of sp³-hybridized carbons (Fsp3) is 0.353. The van der Waals surface area contributed by atoms with Gasteiger partial charge in [0.25, 0.3) is 0 Å². The van der Waals surface area contributed by atoms with Crippen LogP contribution in [0.3, 0.4) is 0 Å². The van der Waals surface area contributed by atoms with Gasteiger partial charge < -0.3 is 14.5 Å². The number of nitrogens with one attached hydrogen (secondary N) is 2. The number of aromatic amines is 2. The van der Waals surface area contributed by atoms with E-state index in [0.717, 1.165) is 35.9 Å². The second-order valence-electron chi connectivity index (χ2n) is 5.55. The molecule has 2 heterocycles. The van der Waals surface area contributed by atoms with E-state index in [1.165, 1.54) is 7.11 Å². The number of rotatable bonds is 7. The zero-order chi connectivity index (χ0) is 16.9. The smallest absolute Gasteiger partial charge is 0.325 e. The molecule has 126 valence electrons. The maximum Gasteiger partial charge on any atom is 0.325 e. The molecule has 3 rings (SSSR count). The summed E-state index contributed by atoms with van der Waals surface area (Å²) in [7, 11) is 1.40. The number of carbonyl (C=O) groups is 1. The highest BCUT2D eigenvalue weighted by Gasteiger charge is 2.05. The number of methoxy groups -OCH3 is 1. The fourth-order valence-electron chi connectivity index (χ4n) is 2.54. The zero-order valence-electron chi connectivity index (χ0n) is 13.4. The van der Waals surface area contributed by atoms with Gasteiger partial charge in [0.1, 0.15) is 5.75 Å². The molecule has 0 aliphatic rings. The number of benzene rings is 1. The highest BCUT2D eigenvalue weighted by Crippen LogP contribution is 2.22. The summed E-state index contributed by atoms with van der Waals surface area (Å²) in [6.07, 6.45) is 3.03. The SMILES string of the molecule is COC(=O)CCCCCOc1ccc2nc3[nH]c(=O)[nH]c3cc2c1. The van der Waals surface area contributed by atoms with Gasteiger partial charge >= 0.3 is 11.7 Å². The van der Waals surface area contributed by atoms with E-state index >= 15 is 0 Å². The third-order valence-electron chi connectivity index (χ3n) is 3.79. The fourth-order valence-corrected chi connectivity index (χ4v) is 2.54. The number of hydrogen-bond donors (Lipinski definition) is 2. The molecule has 0 saturated heterocycles. The molecule has 0 bridgehead atoms. The maximum absolute atomic E-state index is 11.3. The Bertz CT molecular complexity index is 913. The van der Waals surface area contributed by atoms with Crippen LogP contribution in [0.4, 0.5) is 0 Å². The Kier molecular flexibility index (Phi) is 4.79. The lowest BCUT2D eigenvalue weighted by molar-refractivity contribution is -0.140. The van der Waals surface area contributed by atoms with Crippen LogP contribution in [0.15, 0.2) is 29.1 Å². The number of imidazole rings is 1. The summed E-state index contributed by atoms with van der Waals surface area (Å²) in [4.78, 5) is 32.1. The van der Waals surface area contributed by atoms with Gasteiger partial charge in [-0.1, -0.05) is 0 Å². The summed E-state index contributed by atoms with van der Waals surface area (Å²) in [6, 6.07) is 7.51. The van der Waals surface area contributed by atoms with Gasteiger partial charge in [-0.15, -0.1) is 0 Å². The van der Waals surface area contributed by atoms with Crippen LogP contribution in [0.1, 0.15) is 25.7 Å². The van der Waals surface area contributed by atoms with Crippen LogP contribution in [0.2, 0.25) is 0 Å². The summed E-state index contributed by atoms with van der Waals surface area (Å²) < 4.78 is 10.3. The van der Waals surface area contributed by atoms with Crippen LogP contribution in [0.25, 0.3) is 22.1 Å². The lowest BCUT2D eigenvalue weighted by Gasteiger charge is -2.07. The van der Waals surface area contributed by atoms with Crippen molar-refractivity contribution in [2.24, 2.45) is 0 Å². The van der Waals surface area contributed by atoms with E-state index in [1.54, 1.807) is 0 Å². The minimum atomic E-state index is -0.267. The number of unbranched alkanes of at least 4 members (excludes halogenated alkanes) is 2. The predicted octanol–water partition coefficient (Wildman–Crippen LogP) is 2.52. The van der Waals surface area contributed by atoms with Crippen LogP contribution in [0.5, 0.6) is 5.75 Å². The molecular weight excluding hydrogens is 310 g/mol. The molecule has 0 aliphatic carbocycles. The average molecular weight is 329 g/mol. The van der Waals surface area contributed by atoms with Crippen molar-refractivity contribution >= 4 is 28.0 Å². The maximum atomic E-state index is 11.3. The Morgan fingerprint density at radius 1 is 1.17 bits per heavy atom. The van der Waals surface area contributed by atoms with Crippen molar-refractivity contribution in [1.29, 1.82) is 0 Å². The first-order valence-electron chi connectivity index (χ1n) is 7.88. The molecule has 2 aromatic heterocycles. The van der Waals surface area contributed by atoms with Gasteiger partial charge in [-0.25, -0.2) is 9.78 Å². The molecule has 0 fully saturated rings. The number of carbonyl (C=O) groups excluding carboxylic acids is 1. The van der Waals surface area contributed by atoms with Crippen LogP contribution in [-0.4, -0.2) is 34.6 Å².